The first kappa shape index (κ1) is 26.5. The van der Waals surface area contributed by atoms with Crippen LogP contribution in [0.1, 0.15) is 56.2 Å². The highest BCUT2D eigenvalue weighted by atomic mass is 16.6. The Balaban J connectivity index is 2.10. The minimum absolute atomic E-state index is 0.0181. The number of aryl methyl sites for hydroxylation is 1. The summed E-state index contributed by atoms with van der Waals surface area (Å²) >= 11 is 0. The third-order valence-electron chi connectivity index (χ3n) is 5.04. The summed E-state index contributed by atoms with van der Waals surface area (Å²) in [6, 6.07) is 12.6. The first-order valence-electron chi connectivity index (χ1n) is 11.3. The summed E-state index contributed by atoms with van der Waals surface area (Å²) in [5.41, 5.74) is 2.60. The maximum atomic E-state index is 12.4. The number of unbranched alkanes of at least 4 members (excludes halogenated alkanes) is 1. The van der Waals surface area contributed by atoms with Crippen molar-refractivity contribution in [3.8, 4) is 23.3 Å². The lowest BCUT2D eigenvalue weighted by Gasteiger charge is -2.15. The van der Waals surface area contributed by atoms with Crippen molar-refractivity contribution < 1.29 is 23.8 Å². The van der Waals surface area contributed by atoms with Crippen molar-refractivity contribution in [1.82, 2.24) is 5.32 Å². The second kappa shape index (κ2) is 13.0. The van der Waals surface area contributed by atoms with Gasteiger partial charge in [-0.3, -0.25) is 4.79 Å². The zero-order chi connectivity index (χ0) is 25.1. The molecule has 0 aromatic heterocycles. The number of hydrogen-bond acceptors (Lipinski definition) is 6. The maximum Gasteiger partial charge on any atom is 0.349 e. The van der Waals surface area contributed by atoms with Crippen LogP contribution in [-0.2, 0) is 9.59 Å². The normalized spacial score (nSPS) is 11.0. The van der Waals surface area contributed by atoms with Crippen LogP contribution in [0.3, 0.4) is 0 Å². The lowest BCUT2D eigenvalue weighted by atomic mass is 10.0. The molecule has 0 radical (unpaired) electrons. The fraction of sp³-hybridized carbons (Fsp3) is 0.370. The van der Waals surface area contributed by atoms with E-state index in [1.807, 2.05) is 38.1 Å². The van der Waals surface area contributed by atoms with Crippen LogP contribution in [0, 0.1) is 18.3 Å². The Kier molecular flexibility index (Phi) is 10.2. The number of methoxy groups -OCH3 is 1. The van der Waals surface area contributed by atoms with E-state index in [-0.39, 0.29) is 23.8 Å². The molecular formula is C27H32N2O5. The van der Waals surface area contributed by atoms with Crippen molar-refractivity contribution in [1.29, 1.82) is 5.26 Å². The summed E-state index contributed by atoms with van der Waals surface area (Å²) in [6.45, 7) is 8.35. The minimum Gasteiger partial charge on any atom is -0.493 e. The lowest BCUT2D eigenvalue weighted by molar-refractivity contribution is -0.136. The number of nitrogens with zero attached hydrogens (tertiary/aromatic N) is 1. The molecule has 1 amide bonds. The summed E-state index contributed by atoms with van der Waals surface area (Å²) in [5.74, 6) is 0.405. The molecule has 0 aliphatic heterocycles. The molecule has 2 aromatic rings. The van der Waals surface area contributed by atoms with Crippen LogP contribution >= 0.6 is 0 Å². The molecule has 0 atom stereocenters. The van der Waals surface area contributed by atoms with E-state index < -0.39 is 11.9 Å². The number of amides is 1. The first-order chi connectivity index (χ1) is 16.3. The molecule has 7 heteroatoms. The molecule has 0 aliphatic rings. The van der Waals surface area contributed by atoms with Gasteiger partial charge in [0, 0.05) is 6.54 Å². The van der Waals surface area contributed by atoms with E-state index in [4.69, 9.17) is 14.2 Å². The molecule has 0 saturated carbocycles. The molecule has 34 heavy (non-hydrogen) atoms. The first-order valence-corrected chi connectivity index (χ1v) is 11.3. The quantitative estimate of drug-likeness (QED) is 0.166. The van der Waals surface area contributed by atoms with Crippen LogP contribution in [-0.4, -0.2) is 32.1 Å². The van der Waals surface area contributed by atoms with Gasteiger partial charge in [-0.05, 0) is 60.2 Å². The third kappa shape index (κ3) is 7.66. The van der Waals surface area contributed by atoms with Crippen LogP contribution in [0.25, 0.3) is 6.08 Å². The van der Waals surface area contributed by atoms with Crippen molar-refractivity contribution in [2.75, 3.05) is 20.3 Å². The van der Waals surface area contributed by atoms with E-state index >= 15 is 0 Å². The largest absolute Gasteiger partial charge is 0.493 e. The van der Waals surface area contributed by atoms with Gasteiger partial charge in [-0.2, -0.15) is 5.26 Å². The standard InChI is InChI=1S/C27H32N2O5/c1-6-7-12-29-27(31)21(16-28)14-20-9-11-23(25(15-20)32-5)34-26(30)17-33-24-13-19(4)8-10-22(24)18(2)3/h8-11,13-15,18H,6-7,12,17H2,1-5H3,(H,29,31)/b21-14+. The molecule has 0 saturated heterocycles. The Hall–Kier alpha value is -3.79. The van der Waals surface area contributed by atoms with E-state index in [1.54, 1.807) is 18.2 Å². The van der Waals surface area contributed by atoms with Gasteiger partial charge in [0.25, 0.3) is 5.91 Å². The van der Waals surface area contributed by atoms with E-state index in [9.17, 15) is 14.9 Å². The maximum absolute atomic E-state index is 12.4. The highest BCUT2D eigenvalue weighted by Crippen LogP contribution is 2.30. The molecule has 7 nitrogen and oxygen atoms in total. The summed E-state index contributed by atoms with van der Waals surface area (Å²) in [4.78, 5) is 24.6. The van der Waals surface area contributed by atoms with E-state index in [0.717, 1.165) is 24.0 Å². The molecule has 2 aromatic carbocycles. The van der Waals surface area contributed by atoms with Gasteiger partial charge in [0.2, 0.25) is 0 Å². The molecule has 0 fully saturated rings. The number of benzene rings is 2. The van der Waals surface area contributed by atoms with E-state index in [0.29, 0.717) is 23.6 Å². The molecule has 0 bridgehead atoms. The summed E-state index contributed by atoms with van der Waals surface area (Å²) < 4.78 is 16.5. The summed E-state index contributed by atoms with van der Waals surface area (Å²) in [6.07, 6.45) is 3.24. The van der Waals surface area contributed by atoms with E-state index in [1.165, 1.54) is 13.2 Å². The van der Waals surface area contributed by atoms with Crippen LogP contribution < -0.4 is 19.5 Å². The van der Waals surface area contributed by atoms with Crippen LogP contribution in [0.5, 0.6) is 17.2 Å². The zero-order valence-electron chi connectivity index (χ0n) is 20.4. The van der Waals surface area contributed by atoms with Gasteiger partial charge in [-0.25, -0.2) is 4.79 Å². The van der Waals surface area contributed by atoms with Crippen molar-refractivity contribution in [3.63, 3.8) is 0 Å². The van der Waals surface area contributed by atoms with Crippen LogP contribution in [0.4, 0.5) is 0 Å². The SMILES string of the molecule is CCCCNC(=O)/C(C#N)=C/c1ccc(OC(=O)COc2cc(C)ccc2C(C)C)c(OC)c1. The number of carbonyl (C=O) groups is 2. The van der Waals surface area contributed by atoms with Gasteiger partial charge < -0.3 is 19.5 Å². The van der Waals surface area contributed by atoms with Crippen molar-refractivity contribution in [2.45, 2.75) is 46.5 Å². The van der Waals surface area contributed by atoms with Gasteiger partial charge in [0.05, 0.1) is 7.11 Å². The predicted octanol–water partition coefficient (Wildman–Crippen LogP) is 4.93. The number of ether oxygens (including phenoxy) is 3. The van der Waals surface area contributed by atoms with Gasteiger partial charge in [-0.15, -0.1) is 0 Å². The predicted molar refractivity (Wildman–Crippen MR) is 131 cm³/mol. The molecule has 0 aliphatic carbocycles. The fourth-order valence-corrected chi connectivity index (χ4v) is 3.18. The number of esters is 1. The second-order valence-corrected chi connectivity index (χ2v) is 8.15. The average molecular weight is 465 g/mol. The monoisotopic (exact) mass is 464 g/mol. The van der Waals surface area contributed by atoms with Gasteiger partial charge in [-0.1, -0.05) is 45.4 Å². The second-order valence-electron chi connectivity index (χ2n) is 8.15. The topological polar surface area (TPSA) is 97.7 Å². The highest BCUT2D eigenvalue weighted by molar-refractivity contribution is 6.01. The Bertz CT molecular complexity index is 1080. The molecular weight excluding hydrogens is 432 g/mol. The molecule has 180 valence electrons. The van der Waals surface area contributed by atoms with Gasteiger partial charge in [0.1, 0.15) is 17.4 Å². The smallest absolute Gasteiger partial charge is 0.349 e. The molecule has 0 unspecified atom stereocenters. The lowest BCUT2D eigenvalue weighted by Crippen LogP contribution is -2.25. The molecule has 0 heterocycles. The number of nitrogens with one attached hydrogen (secondary N) is 1. The minimum atomic E-state index is -0.578. The van der Waals surface area contributed by atoms with Gasteiger partial charge in [0.15, 0.2) is 18.1 Å². The Morgan fingerprint density at radius 3 is 2.53 bits per heavy atom. The summed E-state index contributed by atoms with van der Waals surface area (Å²) in [7, 11) is 1.45. The molecule has 0 spiro atoms. The summed E-state index contributed by atoms with van der Waals surface area (Å²) in [5, 5.41) is 12.1. The Morgan fingerprint density at radius 2 is 1.88 bits per heavy atom. The number of hydrogen-bond donors (Lipinski definition) is 1. The average Bonchev–Trinajstić information content (AvgIpc) is 2.81. The number of carbonyl (C=O) groups excluding carboxylic acids is 2. The van der Waals surface area contributed by atoms with Gasteiger partial charge >= 0.3 is 5.97 Å². The zero-order valence-corrected chi connectivity index (χ0v) is 20.4. The van der Waals surface area contributed by atoms with Crippen molar-refractivity contribution >= 4 is 18.0 Å². The number of nitriles is 1. The molecule has 1 N–H and O–H groups in total. The fourth-order valence-electron chi connectivity index (χ4n) is 3.18. The van der Waals surface area contributed by atoms with Crippen LogP contribution in [0.15, 0.2) is 42.0 Å². The third-order valence-corrected chi connectivity index (χ3v) is 5.04. The van der Waals surface area contributed by atoms with Crippen molar-refractivity contribution in [3.05, 3.63) is 58.7 Å². The Labute approximate surface area is 201 Å². The highest BCUT2D eigenvalue weighted by Gasteiger charge is 2.15. The number of rotatable bonds is 11. The van der Waals surface area contributed by atoms with E-state index in [2.05, 4.69) is 19.2 Å². The molecule has 2 rings (SSSR count). The van der Waals surface area contributed by atoms with Crippen LogP contribution in [0.2, 0.25) is 0 Å². The Morgan fingerprint density at radius 1 is 1.12 bits per heavy atom. The van der Waals surface area contributed by atoms with Crippen molar-refractivity contribution in [2.24, 2.45) is 0 Å².